The Morgan fingerprint density at radius 2 is 1.22 bits per heavy atom. The third-order valence-electron chi connectivity index (χ3n) is 4.19. The molecule has 3 aromatic carbocycles. The molecule has 4 heteroatoms. The van der Waals surface area contributed by atoms with Crippen molar-refractivity contribution in [3.63, 3.8) is 0 Å². The van der Waals surface area contributed by atoms with Crippen molar-refractivity contribution in [2.75, 3.05) is 0 Å². The highest BCUT2D eigenvalue weighted by Gasteiger charge is 2.12. The minimum absolute atomic E-state index is 0.526. The molecule has 0 bridgehead atoms. The Morgan fingerprint density at radius 3 is 1.81 bits per heavy atom. The van der Waals surface area contributed by atoms with E-state index in [9.17, 15) is 0 Å². The highest BCUT2D eigenvalue weighted by molar-refractivity contribution is 6.58. The Bertz CT molecular complexity index is 1030. The van der Waals surface area contributed by atoms with E-state index in [-0.39, 0.29) is 0 Å². The van der Waals surface area contributed by atoms with Gasteiger partial charge in [-0.15, -0.1) is 0 Å². The van der Waals surface area contributed by atoms with E-state index in [4.69, 9.17) is 0 Å². The number of hydrogen-bond acceptors (Lipinski definition) is 2. The first-order valence-corrected chi connectivity index (χ1v) is 8.84. The minimum Gasteiger partial charge on any atom is -0.359 e. The van der Waals surface area contributed by atoms with Gasteiger partial charge in [0.25, 0.3) is 0 Å². The number of aryl methyl sites for hydroxylation is 2. The van der Waals surface area contributed by atoms with E-state index in [0.29, 0.717) is 17.5 Å². The van der Waals surface area contributed by atoms with Crippen molar-refractivity contribution >= 4 is 28.9 Å². The van der Waals surface area contributed by atoms with E-state index in [1.807, 2.05) is 78.9 Å². The monoisotopic (exact) mass is 351 g/mol. The maximum Gasteiger partial charge on any atom is 0.0972 e. The van der Waals surface area contributed by atoms with Crippen LogP contribution in [0.15, 0.2) is 93.8 Å². The second-order valence-corrected chi connectivity index (χ2v) is 6.46. The summed E-state index contributed by atoms with van der Waals surface area (Å²) in [6.07, 6.45) is 0. The van der Waals surface area contributed by atoms with Crippen LogP contribution >= 0.6 is 0 Å². The quantitative estimate of drug-likeness (QED) is 0.564. The van der Waals surface area contributed by atoms with Crippen molar-refractivity contribution in [2.45, 2.75) is 13.8 Å². The second kappa shape index (κ2) is 7.38. The van der Waals surface area contributed by atoms with Gasteiger partial charge in [0, 0.05) is 11.7 Å². The number of rotatable bonds is 3. The van der Waals surface area contributed by atoms with Crippen LogP contribution in [-0.2, 0) is 0 Å². The molecule has 1 aliphatic heterocycles. The van der Waals surface area contributed by atoms with Gasteiger partial charge in [-0.05, 0) is 37.2 Å². The fourth-order valence-corrected chi connectivity index (χ4v) is 2.68. The van der Waals surface area contributed by atoms with Crippen LogP contribution in [0.2, 0.25) is 0 Å². The Labute approximate surface area is 159 Å². The maximum absolute atomic E-state index is 4.67. The van der Waals surface area contributed by atoms with Crippen molar-refractivity contribution in [1.29, 1.82) is 0 Å². The number of nitrogens with zero attached hydrogens (tertiary/aromatic N) is 4. The Morgan fingerprint density at radius 1 is 0.667 bits per heavy atom. The van der Waals surface area contributed by atoms with Gasteiger partial charge >= 0.3 is 0 Å². The molecule has 1 aliphatic rings. The van der Waals surface area contributed by atoms with E-state index in [1.165, 1.54) is 11.1 Å². The van der Waals surface area contributed by atoms with Crippen LogP contribution in [0.1, 0.15) is 16.7 Å². The molecule has 0 saturated heterocycles. The van der Waals surface area contributed by atoms with Gasteiger partial charge in [0.2, 0.25) is 0 Å². The Balaban J connectivity index is 1.74. The predicted octanol–water partition coefficient (Wildman–Crippen LogP) is 5.90. The third-order valence-corrected chi connectivity index (χ3v) is 4.19. The van der Waals surface area contributed by atoms with Crippen LogP contribution in [0, 0.1) is 13.8 Å². The van der Waals surface area contributed by atoms with Crippen LogP contribution in [0.3, 0.4) is 0 Å². The molecular weight excluding hydrogens is 332 g/mol. The molecule has 0 amide bonds. The largest absolute Gasteiger partial charge is 0.359 e. The topological polar surface area (TPSA) is 51.2 Å². The summed E-state index contributed by atoms with van der Waals surface area (Å²) >= 11 is 0. The minimum atomic E-state index is 0.526. The third kappa shape index (κ3) is 4.01. The molecule has 132 valence electrons. The van der Waals surface area contributed by atoms with Gasteiger partial charge in [-0.2, -0.15) is 0 Å². The molecule has 0 saturated carbocycles. The molecule has 0 N–H and O–H groups in total. The lowest BCUT2D eigenvalue weighted by molar-refractivity contribution is 1.42. The highest BCUT2D eigenvalue weighted by Crippen LogP contribution is 2.23. The number of amidine groups is 3. The van der Waals surface area contributed by atoms with E-state index >= 15 is 0 Å². The standard InChI is InChI=1S/C23H19N4/c1-16-8-12-19(13-9-16)24-22-23(25-20-14-10-17(2)11-15-20)27-21(26-22)18-6-4-3-5-7-18/h3-15H,1-2H3/q-1. The van der Waals surface area contributed by atoms with E-state index in [0.717, 1.165) is 16.9 Å². The summed E-state index contributed by atoms with van der Waals surface area (Å²) in [5, 5.41) is 4.64. The first kappa shape index (κ1) is 16.9. The summed E-state index contributed by atoms with van der Waals surface area (Å²) < 4.78 is 0. The van der Waals surface area contributed by atoms with Crippen molar-refractivity contribution in [1.82, 2.24) is 0 Å². The summed E-state index contributed by atoms with van der Waals surface area (Å²) in [7, 11) is 0. The van der Waals surface area contributed by atoms with Crippen LogP contribution in [0.5, 0.6) is 0 Å². The zero-order chi connectivity index (χ0) is 18.6. The molecule has 0 atom stereocenters. The number of hydrogen-bond donors (Lipinski definition) is 0. The number of benzene rings is 3. The normalized spacial score (nSPS) is 16.4. The lowest BCUT2D eigenvalue weighted by atomic mass is 10.2. The van der Waals surface area contributed by atoms with Crippen molar-refractivity contribution in [2.24, 2.45) is 15.0 Å². The molecule has 0 unspecified atom stereocenters. The van der Waals surface area contributed by atoms with E-state index in [2.05, 4.69) is 34.1 Å². The summed E-state index contributed by atoms with van der Waals surface area (Å²) in [5.74, 6) is 1.68. The SMILES string of the molecule is Cc1ccc(N=C2N=C(c3ccccc3)[N-]C2=Nc2ccc(C)cc2)cc1. The summed E-state index contributed by atoms with van der Waals surface area (Å²) in [4.78, 5) is 14.0. The number of aliphatic imine (C=N–C) groups is 3. The fourth-order valence-electron chi connectivity index (χ4n) is 2.68. The molecule has 3 aromatic rings. The van der Waals surface area contributed by atoms with Gasteiger partial charge in [-0.1, -0.05) is 77.9 Å². The first-order valence-electron chi connectivity index (χ1n) is 8.84. The summed E-state index contributed by atoms with van der Waals surface area (Å²) in [6, 6.07) is 25.9. The summed E-state index contributed by atoms with van der Waals surface area (Å²) in [5.41, 5.74) is 5.00. The molecule has 0 spiro atoms. The zero-order valence-electron chi connectivity index (χ0n) is 15.3. The Hall–Kier alpha value is -3.53. The molecule has 0 aromatic heterocycles. The lowest BCUT2D eigenvalue weighted by Gasteiger charge is -2.10. The van der Waals surface area contributed by atoms with Crippen molar-refractivity contribution < 1.29 is 0 Å². The van der Waals surface area contributed by atoms with Crippen molar-refractivity contribution in [3.05, 3.63) is 101 Å². The zero-order valence-corrected chi connectivity index (χ0v) is 15.3. The molecule has 4 nitrogen and oxygen atoms in total. The van der Waals surface area contributed by atoms with Crippen LogP contribution in [-0.4, -0.2) is 17.5 Å². The van der Waals surface area contributed by atoms with Gasteiger partial charge < -0.3 is 15.3 Å². The predicted molar refractivity (Wildman–Crippen MR) is 113 cm³/mol. The smallest absolute Gasteiger partial charge is 0.0972 e. The maximum atomic E-state index is 4.67. The summed E-state index contributed by atoms with van der Waals surface area (Å²) in [6.45, 7) is 4.11. The average molecular weight is 351 g/mol. The van der Waals surface area contributed by atoms with Crippen molar-refractivity contribution in [3.8, 4) is 0 Å². The van der Waals surface area contributed by atoms with Crippen LogP contribution < -0.4 is 0 Å². The van der Waals surface area contributed by atoms with Crippen LogP contribution in [0.4, 0.5) is 11.4 Å². The van der Waals surface area contributed by atoms with Gasteiger partial charge in [0.15, 0.2) is 0 Å². The van der Waals surface area contributed by atoms with Gasteiger partial charge in [-0.25, -0.2) is 4.99 Å². The molecule has 0 aliphatic carbocycles. The fraction of sp³-hybridized carbons (Fsp3) is 0.0870. The Kier molecular flexibility index (Phi) is 4.62. The average Bonchev–Trinajstić information content (AvgIpc) is 3.08. The van der Waals surface area contributed by atoms with E-state index in [1.54, 1.807) is 0 Å². The van der Waals surface area contributed by atoms with Crippen LogP contribution in [0.25, 0.3) is 5.32 Å². The van der Waals surface area contributed by atoms with Gasteiger partial charge in [0.1, 0.15) is 0 Å². The molecular formula is C23H19N4-. The lowest BCUT2D eigenvalue weighted by Crippen LogP contribution is -2.04. The van der Waals surface area contributed by atoms with Gasteiger partial charge in [0.05, 0.1) is 11.5 Å². The van der Waals surface area contributed by atoms with E-state index < -0.39 is 0 Å². The molecule has 1 heterocycles. The molecule has 0 radical (unpaired) electrons. The first-order chi connectivity index (χ1) is 13.2. The highest BCUT2D eigenvalue weighted by atomic mass is 15.2. The molecule has 0 fully saturated rings. The second-order valence-electron chi connectivity index (χ2n) is 6.46. The molecule has 4 rings (SSSR count). The molecule has 27 heavy (non-hydrogen) atoms. The van der Waals surface area contributed by atoms with Gasteiger partial charge in [-0.3, -0.25) is 0 Å².